The van der Waals surface area contributed by atoms with Crippen LogP contribution in [0.25, 0.3) is 0 Å². The number of hydrogen-bond donors (Lipinski definition) is 2. The van der Waals surface area contributed by atoms with Gasteiger partial charge in [0.15, 0.2) is 0 Å². The molecule has 0 atom stereocenters. The first-order chi connectivity index (χ1) is 14.6. The number of benzene rings is 1. The lowest BCUT2D eigenvalue weighted by Gasteiger charge is -2.56. The number of nitrogens with zero attached hydrogens (tertiary/aromatic N) is 1. The van der Waals surface area contributed by atoms with E-state index < -0.39 is 11.7 Å². The molecular formula is C23H30F3N3O2. The van der Waals surface area contributed by atoms with Crippen molar-refractivity contribution >= 4 is 11.9 Å². The van der Waals surface area contributed by atoms with E-state index in [0.29, 0.717) is 5.56 Å². The maximum atomic E-state index is 12.6. The average Bonchev–Trinajstić information content (AvgIpc) is 2.66. The molecule has 170 valence electrons. The number of hydrogen-bond acceptors (Lipinski definition) is 2. The summed E-state index contributed by atoms with van der Waals surface area (Å²) in [6, 6.07) is 4.58. The lowest BCUT2D eigenvalue weighted by Crippen LogP contribution is -2.61. The Kier molecular flexibility index (Phi) is 5.92. The number of halogens is 3. The largest absolute Gasteiger partial charge is 0.416 e. The lowest BCUT2D eigenvalue weighted by molar-refractivity contribution is -0.137. The molecule has 8 heteroatoms. The minimum Gasteiger partial charge on any atom is -0.341 e. The molecule has 0 aromatic heterocycles. The number of carbonyl (C=O) groups excluding carboxylic acids is 2. The van der Waals surface area contributed by atoms with Gasteiger partial charge in [0.25, 0.3) is 0 Å². The number of urea groups is 1. The smallest absolute Gasteiger partial charge is 0.341 e. The maximum Gasteiger partial charge on any atom is 0.416 e. The summed E-state index contributed by atoms with van der Waals surface area (Å²) in [7, 11) is 1.61. The van der Waals surface area contributed by atoms with Crippen molar-refractivity contribution in [2.45, 2.75) is 63.2 Å². The van der Waals surface area contributed by atoms with Gasteiger partial charge in [0.2, 0.25) is 5.91 Å². The first-order valence-corrected chi connectivity index (χ1v) is 11.1. The molecule has 31 heavy (non-hydrogen) atoms. The molecule has 1 aromatic rings. The zero-order chi connectivity index (χ0) is 22.2. The van der Waals surface area contributed by atoms with E-state index in [9.17, 15) is 22.8 Å². The highest BCUT2D eigenvalue weighted by molar-refractivity contribution is 5.78. The molecule has 4 bridgehead atoms. The molecule has 0 heterocycles. The van der Waals surface area contributed by atoms with Crippen LogP contribution in [0.15, 0.2) is 24.3 Å². The highest BCUT2D eigenvalue weighted by Gasteiger charge is 2.51. The van der Waals surface area contributed by atoms with E-state index in [4.69, 9.17) is 0 Å². The van der Waals surface area contributed by atoms with Gasteiger partial charge in [-0.15, -0.1) is 0 Å². The highest BCUT2D eigenvalue weighted by Crippen LogP contribution is 2.55. The summed E-state index contributed by atoms with van der Waals surface area (Å²) in [6.45, 7) is 0.449. The fourth-order valence-corrected chi connectivity index (χ4v) is 6.18. The van der Waals surface area contributed by atoms with Crippen LogP contribution in [0.2, 0.25) is 0 Å². The Morgan fingerprint density at radius 3 is 2.10 bits per heavy atom. The zero-order valence-corrected chi connectivity index (χ0v) is 17.8. The van der Waals surface area contributed by atoms with Crippen molar-refractivity contribution in [1.29, 1.82) is 0 Å². The first kappa shape index (κ1) is 22.0. The van der Waals surface area contributed by atoms with Gasteiger partial charge >= 0.3 is 12.2 Å². The van der Waals surface area contributed by atoms with Crippen LogP contribution in [0.5, 0.6) is 0 Å². The molecular weight excluding hydrogens is 407 g/mol. The molecule has 4 fully saturated rings. The van der Waals surface area contributed by atoms with Gasteiger partial charge in [-0.1, -0.05) is 12.1 Å². The van der Waals surface area contributed by atoms with Crippen molar-refractivity contribution in [3.63, 3.8) is 0 Å². The zero-order valence-electron chi connectivity index (χ0n) is 17.8. The molecule has 5 rings (SSSR count). The van der Waals surface area contributed by atoms with Crippen molar-refractivity contribution in [1.82, 2.24) is 15.5 Å². The van der Waals surface area contributed by atoms with Crippen LogP contribution in [-0.4, -0.2) is 36.0 Å². The van der Waals surface area contributed by atoms with E-state index in [-0.39, 0.29) is 37.0 Å². The Morgan fingerprint density at radius 2 is 1.58 bits per heavy atom. The monoisotopic (exact) mass is 437 g/mol. The van der Waals surface area contributed by atoms with Crippen LogP contribution in [0.1, 0.15) is 56.1 Å². The van der Waals surface area contributed by atoms with Crippen LogP contribution < -0.4 is 10.6 Å². The summed E-state index contributed by atoms with van der Waals surface area (Å²) in [5, 5.41) is 6.03. The predicted molar refractivity (Wildman–Crippen MR) is 110 cm³/mol. The van der Waals surface area contributed by atoms with E-state index in [1.807, 2.05) is 0 Å². The van der Waals surface area contributed by atoms with Crippen molar-refractivity contribution < 1.29 is 22.8 Å². The minimum absolute atomic E-state index is 0.0673. The Morgan fingerprint density at radius 1 is 1.03 bits per heavy atom. The topological polar surface area (TPSA) is 61.4 Å². The summed E-state index contributed by atoms with van der Waals surface area (Å²) < 4.78 is 37.9. The molecule has 0 spiro atoms. The number of alkyl halides is 3. The van der Waals surface area contributed by atoms with Gasteiger partial charge in [-0.3, -0.25) is 4.79 Å². The molecule has 0 aliphatic heterocycles. The fraction of sp³-hybridized carbons (Fsp3) is 0.652. The third-order valence-corrected chi connectivity index (χ3v) is 7.17. The third kappa shape index (κ3) is 5.15. The van der Waals surface area contributed by atoms with Crippen LogP contribution in [0.3, 0.4) is 0 Å². The van der Waals surface area contributed by atoms with Crippen molar-refractivity contribution in [3.8, 4) is 0 Å². The Bertz CT molecular complexity index is 787. The van der Waals surface area contributed by atoms with Crippen LogP contribution in [-0.2, 0) is 17.5 Å². The summed E-state index contributed by atoms with van der Waals surface area (Å²) >= 11 is 0. The Balaban J connectivity index is 1.20. The summed E-state index contributed by atoms with van der Waals surface area (Å²) in [4.78, 5) is 26.2. The highest BCUT2D eigenvalue weighted by atomic mass is 19.4. The van der Waals surface area contributed by atoms with Crippen molar-refractivity contribution in [2.75, 3.05) is 13.6 Å². The van der Waals surface area contributed by atoms with E-state index in [2.05, 4.69) is 10.6 Å². The van der Waals surface area contributed by atoms with E-state index in [1.54, 1.807) is 7.05 Å². The molecule has 3 amide bonds. The van der Waals surface area contributed by atoms with Gasteiger partial charge in [0.05, 0.1) is 5.56 Å². The van der Waals surface area contributed by atoms with Gasteiger partial charge in [-0.05, 0) is 74.0 Å². The molecule has 4 aliphatic rings. The molecule has 0 saturated heterocycles. The normalized spacial score (nSPS) is 29.0. The molecule has 0 unspecified atom stereocenters. The first-order valence-electron chi connectivity index (χ1n) is 11.1. The van der Waals surface area contributed by atoms with Crippen molar-refractivity contribution in [2.24, 2.45) is 17.8 Å². The number of carbonyl (C=O) groups is 2. The second kappa shape index (κ2) is 8.36. The Hall–Kier alpha value is -2.25. The SMILES string of the molecule is CN(Cc1ccc(C(F)(F)F)cc1)C(=O)CCNC(=O)NC12CC3CC(CC(C3)C1)C2. The number of amides is 3. The van der Waals surface area contributed by atoms with E-state index in [1.165, 1.54) is 36.3 Å². The predicted octanol–water partition coefficient (Wildman–Crippen LogP) is 4.32. The molecule has 0 radical (unpaired) electrons. The molecule has 1 aromatic carbocycles. The summed E-state index contributed by atoms with van der Waals surface area (Å²) in [6.07, 6.45) is 2.91. The quantitative estimate of drug-likeness (QED) is 0.696. The van der Waals surface area contributed by atoms with E-state index >= 15 is 0 Å². The van der Waals surface area contributed by atoms with Gasteiger partial charge in [0.1, 0.15) is 0 Å². The second-order valence-corrected chi connectivity index (χ2v) is 9.77. The standard InChI is InChI=1S/C23H30F3N3O2/c1-29(14-15-2-4-19(5-3-15)23(24,25)26)20(30)6-7-27-21(31)28-22-11-16-8-17(12-22)10-18(9-16)13-22/h2-5,16-18H,6-14H2,1H3,(H2,27,28,31). The van der Waals surface area contributed by atoms with Gasteiger partial charge in [0, 0.05) is 32.1 Å². The molecule has 5 nitrogen and oxygen atoms in total. The van der Waals surface area contributed by atoms with Gasteiger partial charge in [-0.2, -0.15) is 13.2 Å². The molecule has 4 saturated carbocycles. The number of rotatable bonds is 6. The third-order valence-electron chi connectivity index (χ3n) is 7.17. The molecule has 4 aliphatic carbocycles. The average molecular weight is 438 g/mol. The minimum atomic E-state index is -4.37. The van der Waals surface area contributed by atoms with E-state index in [0.717, 1.165) is 49.1 Å². The maximum absolute atomic E-state index is 12.6. The second-order valence-electron chi connectivity index (χ2n) is 9.77. The molecule has 2 N–H and O–H groups in total. The van der Waals surface area contributed by atoms with Crippen LogP contribution in [0, 0.1) is 17.8 Å². The lowest BCUT2D eigenvalue weighted by atomic mass is 9.53. The van der Waals surface area contributed by atoms with Crippen LogP contribution in [0.4, 0.5) is 18.0 Å². The summed E-state index contributed by atoms with van der Waals surface area (Å²) in [5.74, 6) is 2.06. The number of nitrogens with one attached hydrogen (secondary N) is 2. The van der Waals surface area contributed by atoms with Crippen molar-refractivity contribution in [3.05, 3.63) is 35.4 Å². The van der Waals surface area contributed by atoms with Gasteiger partial charge in [-0.25, -0.2) is 4.79 Å². The Labute approximate surface area is 180 Å². The summed E-state index contributed by atoms with van der Waals surface area (Å²) in [5.41, 5.74) is -0.154. The fourth-order valence-electron chi connectivity index (χ4n) is 6.18. The van der Waals surface area contributed by atoms with Crippen LogP contribution >= 0.6 is 0 Å². The van der Waals surface area contributed by atoms with Gasteiger partial charge < -0.3 is 15.5 Å².